The van der Waals surface area contributed by atoms with Crippen LogP contribution in [0.3, 0.4) is 0 Å². The van der Waals surface area contributed by atoms with Gasteiger partial charge in [-0.25, -0.2) is 9.97 Å². The molecule has 1 aliphatic carbocycles. The highest BCUT2D eigenvalue weighted by molar-refractivity contribution is 5.46. The van der Waals surface area contributed by atoms with Crippen LogP contribution in [0.25, 0.3) is 0 Å². The molecule has 0 aliphatic heterocycles. The van der Waals surface area contributed by atoms with Crippen LogP contribution in [0.5, 0.6) is 0 Å². The van der Waals surface area contributed by atoms with Gasteiger partial charge in [0.25, 0.3) is 0 Å². The van der Waals surface area contributed by atoms with Crippen molar-refractivity contribution in [2.75, 3.05) is 5.32 Å². The Morgan fingerprint density at radius 1 is 1.05 bits per heavy atom. The van der Waals surface area contributed by atoms with Crippen LogP contribution in [0.4, 0.5) is 5.82 Å². The zero-order chi connectivity index (χ0) is 13.8. The second-order valence-electron chi connectivity index (χ2n) is 5.37. The third-order valence-corrected chi connectivity index (χ3v) is 3.81. The fourth-order valence-corrected chi connectivity index (χ4v) is 2.64. The zero-order valence-corrected chi connectivity index (χ0v) is 11.9. The first kappa shape index (κ1) is 13.0. The van der Waals surface area contributed by atoms with Crippen LogP contribution >= 0.6 is 0 Å². The summed E-state index contributed by atoms with van der Waals surface area (Å²) in [6, 6.07) is 4.15. The Kier molecular flexibility index (Phi) is 3.90. The van der Waals surface area contributed by atoms with Gasteiger partial charge in [0.05, 0.1) is 0 Å². The summed E-state index contributed by atoms with van der Waals surface area (Å²) in [7, 11) is 0. The quantitative estimate of drug-likeness (QED) is 0.869. The summed E-state index contributed by atoms with van der Waals surface area (Å²) in [5, 5.41) is 3.45. The Labute approximate surface area is 119 Å². The summed E-state index contributed by atoms with van der Waals surface area (Å²) in [5.74, 6) is 0.998. The molecular weight excluding hydrogens is 248 g/mol. The first-order chi connectivity index (χ1) is 9.83. The van der Waals surface area contributed by atoms with Gasteiger partial charge in [0.15, 0.2) is 0 Å². The minimum atomic E-state index is 0.761. The third-order valence-electron chi connectivity index (χ3n) is 3.81. The average molecular weight is 268 g/mol. The van der Waals surface area contributed by atoms with Crippen molar-refractivity contribution in [1.29, 1.82) is 0 Å². The SMILES string of the molecule is Cc1ccc(CNc2ncnc3c2CCCCC3)cn1. The number of nitrogens with zero attached hydrogens (tertiary/aromatic N) is 3. The standard InChI is InChI=1S/C16H20N4/c1-12-7-8-13(9-17-12)10-18-16-14-5-3-2-4-6-15(14)19-11-20-16/h7-9,11H,2-6,10H2,1H3,(H,18,19,20). The number of hydrogen-bond acceptors (Lipinski definition) is 4. The van der Waals surface area contributed by atoms with E-state index in [2.05, 4.69) is 26.3 Å². The Morgan fingerprint density at radius 2 is 1.95 bits per heavy atom. The molecule has 1 N–H and O–H groups in total. The van der Waals surface area contributed by atoms with E-state index in [4.69, 9.17) is 0 Å². The minimum Gasteiger partial charge on any atom is -0.366 e. The first-order valence-corrected chi connectivity index (χ1v) is 7.31. The van der Waals surface area contributed by atoms with E-state index in [9.17, 15) is 0 Å². The number of pyridine rings is 1. The topological polar surface area (TPSA) is 50.7 Å². The van der Waals surface area contributed by atoms with E-state index in [1.807, 2.05) is 19.2 Å². The minimum absolute atomic E-state index is 0.761. The average Bonchev–Trinajstić information content (AvgIpc) is 2.72. The molecule has 0 spiro atoms. The molecule has 20 heavy (non-hydrogen) atoms. The van der Waals surface area contributed by atoms with Gasteiger partial charge in [0.1, 0.15) is 12.1 Å². The molecule has 4 heteroatoms. The van der Waals surface area contributed by atoms with Crippen LogP contribution in [0.2, 0.25) is 0 Å². The van der Waals surface area contributed by atoms with Crippen LogP contribution in [0, 0.1) is 6.92 Å². The Morgan fingerprint density at radius 3 is 2.80 bits per heavy atom. The molecule has 0 atom stereocenters. The number of aryl methyl sites for hydroxylation is 2. The van der Waals surface area contributed by atoms with E-state index >= 15 is 0 Å². The van der Waals surface area contributed by atoms with Gasteiger partial charge >= 0.3 is 0 Å². The number of nitrogens with one attached hydrogen (secondary N) is 1. The smallest absolute Gasteiger partial charge is 0.133 e. The lowest BCUT2D eigenvalue weighted by molar-refractivity contribution is 0.709. The molecule has 0 bridgehead atoms. The fraction of sp³-hybridized carbons (Fsp3) is 0.438. The maximum atomic E-state index is 4.44. The van der Waals surface area contributed by atoms with Crippen molar-refractivity contribution >= 4 is 5.82 Å². The van der Waals surface area contributed by atoms with E-state index in [1.54, 1.807) is 6.33 Å². The molecule has 4 nitrogen and oxygen atoms in total. The van der Waals surface area contributed by atoms with Gasteiger partial charge in [0, 0.05) is 29.7 Å². The molecule has 1 aliphatic rings. The number of hydrogen-bond donors (Lipinski definition) is 1. The molecule has 0 radical (unpaired) electrons. The molecule has 0 saturated heterocycles. The summed E-state index contributed by atoms with van der Waals surface area (Å²) in [5.41, 5.74) is 4.76. The van der Waals surface area contributed by atoms with E-state index < -0.39 is 0 Å². The maximum absolute atomic E-state index is 4.44. The highest BCUT2D eigenvalue weighted by Crippen LogP contribution is 2.24. The molecule has 104 valence electrons. The normalized spacial score (nSPS) is 14.4. The highest BCUT2D eigenvalue weighted by Gasteiger charge is 2.13. The fourth-order valence-electron chi connectivity index (χ4n) is 2.64. The van der Waals surface area contributed by atoms with Crippen molar-refractivity contribution in [3.8, 4) is 0 Å². The van der Waals surface area contributed by atoms with Crippen LogP contribution in [0.1, 0.15) is 41.8 Å². The summed E-state index contributed by atoms with van der Waals surface area (Å²) in [6.07, 6.45) is 9.54. The summed E-state index contributed by atoms with van der Waals surface area (Å²) >= 11 is 0. The van der Waals surface area contributed by atoms with Crippen molar-refractivity contribution < 1.29 is 0 Å². The predicted octanol–water partition coefficient (Wildman–Crippen LogP) is 3.06. The van der Waals surface area contributed by atoms with Gasteiger partial charge in [-0.1, -0.05) is 12.5 Å². The Hall–Kier alpha value is -1.97. The third kappa shape index (κ3) is 2.95. The van der Waals surface area contributed by atoms with Gasteiger partial charge in [-0.2, -0.15) is 0 Å². The van der Waals surface area contributed by atoms with Crippen LogP contribution in [0.15, 0.2) is 24.7 Å². The van der Waals surface area contributed by atoms with Crippen LogP contribution < -0.4 is 5.32 Å². The molecule has 3 rings (SSSR count). The van der Waals surface area contributed by atoms with Gasteiger partial charge in [-0.05, 0) is 44.2 Å². The number of aromatic nitrogens is 3. The van der Waals surface area contributed by atoms with Gasteiger partial charge < -0.3 is 5.32 Å². The molecule has 2 aromatic heterocycles. The van der Waals surface area contributed by atoms with E-state index in [1.165, 1.54) is 36.1 Å². The Bertz CT molecular complexity index is 578. The Balaban J connectivity index is 1.75. The highest BCUT2D eigenvalue weighted by atomic mass is 15.0. The van der Waals surface area contributed by atoms with Gasteiger partial charge in [0.2, 0.25) is 0 Å². The lowest BCUT2D eigenvalue weighted by Crippen LogP contribution is -2.08. The molecule has 0 aromatic carbocycles. The van der Waals surface area contributed by atoms with Crippen molar-refractivity contribution in [2.45, 2.75) is 45.6 Å². The summed E-state index contributed by atoms with van der Waals surface area (Å²) in [4.78, 5) is 13.2. The largest absolute Gasteiger partial charge is 0.366 e. The van der Waals surface area contributed by atoms with Crippen molar-refractivity contribution in [3.63, 3.8) is 0 Å². The van der Waals surface area contributed by atoms with E-state index in [0.29, 0.717) is 0 Å². The second kappa shape index (κ2) is 5.99. The van der Waals surface area contributed by atoms with E-state index in [0.717, 1.165) is 30.9 Å². The van der Waals surface area contributed by atoms with Crippen LogP contribution in [-0.4, -0.2) is 15.0 Å². The monoisotopic (exact) mass is 268 g/mol. The molecule has 0 amide bonds. The summed E-state index contributed by atoms with van der Waals surface area (Å²) < 4.78 is 0. The van der Waals surface area contributed by atoms with Crippen molar-refractivity contribution in [1.82, 2.24) is 15.0 Å². The number of anilines is 1. The number of rotatable bonds is 3. The molecule has 0 saturated carbocycles. The molecular formula is C16H20N4. The first-order valence-electron chi connectivity index (χ1n) is 7.31. The molecule has 0 unspecified atom stereocenters. The summed E-state index contributed by atoms with van der Waals surface area (Å²) in [6.45, 7) is 2.76. The molecule has 2 aromatic rings. The van der Waals surface area contributed by atoms with E-state index in [-0.39, 0.29) is 0 Å². The molecule has 2 heterocycles. The number of fused-ring (bicyclic) bond motifs is 1. The second-order valence-corrected chi connectivity index (χ2v) is 5.37. The van der Waals surface area contributed by atoms with Crippen LogP contribution in [-0.2, 0) is 19.4 Å². The lowest BCUT2D eigenvalue weighted by atomic mass is 10.1. The maximum Gasteiger partial charge on any atom is 0.133 e. The lowest BCUT2D eigenvalue weighted by Gasteiger charge is -2.12. The predicted molar refractivity (Wildman–Crippen MR) is 79.6 cm³/mol. The molecule has 0 fully saturated rings. The van der Waals surface area contributed by atoms with Crippen molar-refractivity contribution in [3.05, 3.63) is 47.2 Å². The van der Waals surface area contributed by atoms with Gasteiger partial charge in [-0.15, -0.1) is 0 Å². The van der Waals surface area contributed by atoms with Crippen molar-refractivity contribution in [2.24, 2.45) is 0 Å². The zero-order valence-electron chi connectivity index (χ0n) is 11.9. The van der Waals surface area contributed by atoms with Gasteiger partial charge in [-0.3, -0.25) is 4.98 Å².